The summed E-state index contributed by atoms with van der Waals surface area (Å²) in [5, 5.41) is 9.17. The number of aromatic nitrogens is 1. The second-order valence-corrected chi connectivity index (χ2v) is 3.62. The molecule has 1 atom stereocenters. The molecule has 0 aromatic carbocycles. The van der Waals surface area contributed by atoms with Crippen LogP contribution in [0.15, 0.2) is 16.7 Å². The van der Waals surface area contributed by atoms with Gasteiger partial charge in [0, 0.05) is 10.7 Å². The number of hydrogen-bond acceptors (Lipinski definition) is 2. The highest BCUT2D eigenvalue weighted by Crippen LogP contribution is 2.31. The van der Waals surface area contributed by atoms with Crippen LogP contribution in [0.1, 0.15) is 24.3 Å². The largest absolute Gasteiger partial charge is 0.433 e. The maximum Gasteiger partial charge on any atom is 0.433 e. The average Bonchev–Trinajstić information content (AvgIpc) is 2.02. The Balaban J connectivity index is 3.20. The fraction of sp³-hybridized carbons (Fsp3) is 0.375. The van der Waals surface area contributed by atoms with Crippen LogP contribution >= 0.6 is 15.9 Å². The maximum absolute atomic E-state index is 12.2. The van der Waals surface area contributed by atoms with Crippen LogP contribution < -0.4 is 0 Å². The highest BCUT2D eigenvalue weighted by atomic mass is 79.9. The summed E-state index contributed by atoms with van der Waals surface area (Å²) in [5.41, 5.74) is -0.830. The van der Waals surface area contributed by atoms with Crippen molar-refractivity contribution < 1.29 is 18.3 Å². The summed E-state index contributed by atoms with van der Waals surface area (Å²) in [6.45, 7) is 1.39. The molecule has 1 rings (SSSR count). The van der Waals surface area contributed by atoms with Gasteiger partial charge in [0.05, 0.1) is 6.10 Å². The van der Waals surface area contributed by atoms with E-state index in [1.165, 1.54) is 6.92 Å². The molecule has 2 nitrogen and oxygen atoms in total. The Morgan fingerprint density at radius 2 is 2.07 bits per heavy atom. The fourth-order valence-electron chi connectivity index (χ4n) is 0.929. The minimum Gasteiger partial charge on any atom is -0.389 e. The van der Waals surface area contributed by atoms with Gasteiger partial charge in [-0.1, -0.05) is 0 Å². The van der Waals surface area contributed by atoms with Crippen molar-refractivity contribution in [2.24, 2.45) is 0 Å². The molecule has 1 heterocycles. The molecule has 0 aliphatic carbocycles. The molecule has 6 heteroatoms. The van der Waals surface area contributed by atoms with Crippen molar-refractivity contribution in [1.82, 2.24) is 4.98 Å². The number of rotatable bonds is 1. The second-order valence-electron chi connectivity index (χ2n) is 2.76. The average molecular weight is 270 g/mol. The first-order chi connectivity index (χ1) is 6.32. The summed E-state index contributed by atoms with van der Waals surface area (Å²) in [6, 6.07) is 0.828. The van der Waals surface area contributed by atoms with Crippen LogP contribution in [0.25, 0.3) is 0 Å². The predicted molar refractivity (Wildman–Crippen MR) is 47.6 cm³/mol. The van der Waals surface area contributed by atoms with Gasteiger partial charge in [0.1, 0.15) is 5.69 Å². The van der Waals surface area contributed by atoms with E-state index in [2.05, 4.69) is 20.9 Å². The van der Waals surface area contributed by atoms with Crippen LogP contribution in [0.3, 0.4) is 0 Å². The van der Waals surface area contributed by atoms with E-state index in [-0.39, 0.29) is 5.56 Å². The van der Waals surface area contributed by atoms with E-state index >= 15 is 0 Å². The van der Waals surface area contributed by atoms with E-state index in [0.717, 1.165) is 12.3 Å². The molecule has 1 aromatic heterocycles. The third-order valence-corrected chi connectivity index (χ3v) is 2.29. The van der Waals surface area contributed by atoms with E-state index in [1.54, 1.807) is 0 Å². The highest BCUT2D eigenvalue weighted by molar-refractivity contribution is 9.10. The van der Waals surface area contributed by atoms with Crippen molar-refractivity contribution in [3.63, 3.8) is 0 Å². The van der Waals surface area contributed by atoms with Gasteiger partial charge in [-0.15, -0.1) is 0 Å². The van der Waals surface area contributed by atoms with Crippen LogP contribution in [0.4, 0.5) is 13.2 Å². The topological polar surface area (TPSA) is 33.1 Å². The molecule has 14 heavy (non-hydrogen) atoms. The quantitative estimate of drug-likeness (QED) is 0.851. The van der Waals surface area contributed by atoms with Crippen LogP contribution in [0.5, 0.6) is 0 Å². The first kappa shape index (κ1) is 11.5. The number of aliphatic hydroxyl groups is 1. The normalized spacial score (nSPS) is 14.1. The first-order valence-electron chi connectivity index (χ1n) is 3.73. The third kappa shape index (κ3) is 2.45. The zero-order valence-corrected chi connectivity index (χ0v) is 8.72. The molecule has 0 amide bonds. The predicted octanol–water partition coefficient (Wildman–Crippen LogP) is 2.92. The Labute approximate surface area is 86.9 Å². The van der Waals surface area contributed by atoms with E-state index in [1.807, 2.05) is 0 Å². The van der Waals surface area contributed by atoms with Gasteiger partial charge in [0.25, 0.3) is 0 Å². The van der Waals surface area contributed by atoms with Crippen molar-refractivity contribution in [3.8, 4) is 0 Å². The van der Waals surface area contributed by atoms with Crippen molar-refractivity contribution >= 4 is 15.9 Å². The third-order valence-electron chi connectivity index (χ3n) is 1.63. The monoisotopic (exact) mass is 269 g/mol. The zero-order chi connectivity index (χ0) is 10.9. The lowest BCUT2D eigenvalue weighted by molar-refractivity contribution is -0.141. The number of alkyl halides is 3. The summed E-state index contributed by atoms with van der Waals surface area (Å²) >= 11 is 3.01. The molecule has 78 valence electrons. The Bertz CT molecular complexity index is 338. The lowest BCUT2D eigenvalue weighted by Gasteiger charge is -2.11. The van der Waals surface area contributed by atoms with Gasteiger partial charge in [-0.2, -0.15) is 13.2 Å². The van der Waals surface area contributed by atoms with Crippen molar-refractivity contribution in [2.75, 3.05) is 0 Å². The van der Waals surface area contributed by atoms with Crippen molar-refractivity contribution in [2.45, 2.75) is 19.2 Å². The Hall–Kier alpha value is -0.620. The standard InChI is InChI=1S/C8H7BrF3NO/c1-4(14)5-2-7(8(10,11)12)13-3-6(5)9/h2-4,14H,1H3/t4-/m1/s1. The fourth-order valence-corrected chi connectivity index (χ4v) is 1.48. The van der Waals surface area contributed by atoms with Gasteiger partial charge < -0.3 is 5.11 Å². The number of aliphatic hydroxyl groups excluding tert-OH is 1. The van der Waals surface area contributed by atoms with Crippen molar-refractivity contribution in [3.05, 3.63) is 28.0 Å². The molecule has 0 aliphatic rings. The molecule has 1 aromatic rings. The molecular weight excluding hydrogens is 263 g/mol. The molecule has 0 radical (unpaired) electrons. The minimum absolute atomic E-state index is 0.173. The SMILES string of the molecule is C[C@@H](O)c1cc(C(F)(F)F)ncc1Br. The van der Waals surface area contributed by atoms with Gasteiger partial charge >= 0.3 is 6.18 Å². The second kappa shape index (κ2) is 3.86. The van der Waals surface area contributed by atoms with Gasteiger partial charge in [-0.3, -0.25) is 4.98 Å². The lowest BCUT2D eigenvalue weighted by Crippen LogP contribution is -2.09. The molecule has 0 fully saturated rings. The lowest BCUT2D eigenvalue weighted by atomic mass is 10.1. The van der Waals surface area contributed by atoms with E-state index in [9.17, 15) is 13.2 Å². The van der Waals surface area contributed by atoms with Crippen molar-refractivity contribution in [1.29, 1.82) is 0 Å². The molecule has 0 aliphatic heterocycles. The van der Waals surface area contributed by atoms with Gasteiger partial charge in [-0.05, 0) is 34.5 Å². The molecule has 0 spiro atoms. The maximum atomic E-state index is 12.2. The Morgan fingerprint density at radius 1 is 1.50 bits per heavy atom. The van der Waals surface area contributed by atoms with Crippen LogP contribution in [-0.2, 0) is 6.18 Å². The summed E-state index contributed by atoms with van der Waals surface area (Å²) in [4.78, 5) is 3.21. The molecule has 0 saturated carbocycles. The molecular formula is C8H7BrF3NO. The van der Waals surface area contributed by atoms with Crippen LogP contribution in [0.2, 0.25) is 0 Å². The van der Waals surface area contributed by atoms with Gasteiger partial charge in [-0.25, -0.2) is 0 Å². The summed E-state index contributed by atoms with van der Waals surface area (Å²) < 4.78 is 37.0. The summed E-state index contributed by atoms with van der Waals surface area (Å²) in [6.07, 6.45) is -4.41. The number of nitrogens with zero attached hydrogens (tertiary/aromatic N) is 1. The summed E-state index contributed by atoms with van der Waals surface area (Å²) in [5.74, 6) is 0. The molecule has 1 N–H and O–H groups in total. The molecule has 0 unspecified atom stereocenters. The number of hydrogen-bond donors (Lipinski definition) is 1. The number of halogens is 4. The van der Waals surface area contributed by atoms with E-state index < -0.39 is 18.0 Å². The summed E-state index contributed by atoms with van der Waals surface area (Å²) in [7, 11) is 0. The highest BCUT2D eigenvalue weighted by Gasteiger charge is 2.33. The number of pyridine rings is 1. The smallest absolute Gasteiger partial charge is 0.389 e. The van der Waals surface area contributed by atoms with Crippen LogP contribution in [-0.4, -0.2) is 10.1 Å². The van der Waals surface area contributed by atoms with E-state index in [0.29, 0.717) is 4.47 Å². The molecule has 0 saturated heterocycles. The van der Waals surface area contributed by atoms with Crippen LogP contribution in [0, 0.1) is 0 Å². The van der Waals surface area contributed by atoms with Gasteiger partial charge in [0.15, 0.2) is 0 Å². The zero-order valence-electron chi connectivity index (χ0n) is 7.14. The Kier molecular flexibility index (Phi) is 3.16. The van der Waals surface area contributed by atoms with E-state index in [4.69, 9.17) is 5.11 Å². The Morgan fingerprint density at radius 3 is 2.50 bits per heavy atom. The first-order valence-corrected chi connectivity index (χ1v) is 4.52. The van der Waals surface area contributed by atoms with Gasteiger partial charge in [0.2, 0.25) is 0 Å². The minimum atomic E-state index is -4.48. The molecule has 0 bridgehead atoms.